The fraction of sp³-hybridized carbons (Fsp3) is 0.462. The molecular weight excluding hydrogens is 301 g/mol. The summed E-state index contributed by atoms with van der Waals surface area (Å²) in [4.78, 5) is 31.5. The van der Waals surface area contributed by atoms with Crippen LogP contribution in [0.3, 0.4) is 0 Å². The third-order valence-electron chi connectivity index (χ3n) is 3.28. The highest BCUT2D eigenvalue weighted by Gasteiger charge is 2.36. The Morgan fingerprint density at radius 1 is 1.35 bits per heavy atom. The molecule has 1 aromatic heterocycles. The Labute approximate surface area is 127 Å². The Hall–Kier alpha value is -1.33. The number of hydrogen-bond donors (Lipinski definition) is 0. The summed E-state index contributed by atoms with van der Waals surface area (Å²) in [5, 5.41) is 0.291. The number of carbonyl (C=O) groups excluding carboxylic acids is 2. The Morgan fingerprint density at radius 2 is 2.05 bits per heavy atom. The van der Waals surface area contributed by atoms with E-state index in [-0.39, 0.29) is 27.7 Å². The number of rotatable bonds is 2. The highest BCUT2D eigenvalue weighted by molar-refractivity contribution is 6.34. The second-order valence-corrected chi connectivity index (χ2v) is 5.61. The largest absolute Gasteiger partial charge is 0.347 e. The molecule has 1 aromatic rings. The Bertz CT molecular complexity index is 548. The minimum atomic E-state index is -0.427. The molecule has 5 nitrogen and oxygen atoms in total. The van der Waals surface area contributed by atoms with Crippen LogP contribution in [0.5, 0.6) is 0 Å². The molecule has 1 aliphatic rings. The zero-order chi connectivity index (χ0) is 14.9. The number of amides is 2. The molecule has 1 fully saturated rings. The lowest BCUT2D eigenvalue weighted by atomic mass is 10.1. The Kier molecular flexibility index (Phi) is 4.50. The summed E-state index contributed by atoms with van der Waals surface area (Å²) in [6.45, 7) is 0.544. The molecule has 1 atom stereocenters. The first-order valence-electron chi connectivity index (χ1n) is 6.26. The van der Waals surface area contributed by atoms with Gasteiger partial charge in [-0.2, -0.15) is 0 Å². The van der Waals surface area contributed by atoms with Crippen molar-refractivity contribution in [1.82, 2.24) is 14.8 Å². The average Bonchev–Trinajstić information content (AvgIpc) is 2.86. The predicted molar refractivity (Wildman–Crippen MR) is 77.0 cm³/mol. The SMILES string of the molecule is CN(C)C(=O)C1CCCN1C(=O)c1ccc(Cl)nc1Cl. The van der Waals surface area contributed by atoms with Crippen LogP contribution in [0.1, 0.15) is 23.2 Å². The van der Waals surface area contributed by atoms with Crippen molar-refractivity contribution in [2.24, 2.45) is 0 Å². The first-order chi connectivity index (χ1) is 9.41. The third-order valence-corrected chi connectivity index (χ3v) is 3.78. The zero-order valence-electron chi connectivity index (χ0n) is 11.3. The maximum absolute atomic E-state index is 12.5. The van der Waals surface area contributed by atoms with Crippen molar-refractivity contribution in [3.05, 3.63) is 28.0 Å². The van der Waals surface area contributed by atoms with Crippen LogP contribution in [0, 0.1) is 0 Å². The normalized spacial score (nSPS) is 18.2. The highest BCUT2D eigenvalue weighted by Crippen LogP contribution is 2.24. The monoisotopic (exact) mass is 315 g/mol. The number of aromatic nitrogens is 1. The van der Waals surface area contributed by atoms with E-state index in [1.165, 1.54) is 17.0 Å². The van der Waals surface area contributed by atoms with Crippen LogP contribution < -0.4 is 0 Å². The lowest BCUT2D eigenvalue weighted by Gasteiger charge is -2.26. The molecule has 2 rings (SSSR count). The van der Waals surface area contributed by atoms with Crippen LogP contribution >= 0.6 is 23.2 Å². The Balaban J connectivity index is 2.25. The summed E-state index contributed by atoms with van der Waals surface area (Å²) < 4.78 is 0. The minimum Gasteiger partial charge on any atom is -0.347 e. The first-order valence-corrected chi connectivity index (χ1v) is 7.01. The summed E-state index contributed by atoms with van der Waals surface area (Å²) in [6, 6.07) is 2.62. The van der Waals surface area contributed by atoms with E-state index in [0.717, 1.165) is 6.42 Å². The van der Waals surface area contributed by atoms with Gasteiger partial charge in [0.1, 0.15) is 16.3 Å². The highest BCUT2D eigenvalue weighted by atomic mass is 35.5. The summed E-state index contributed by atoms with van der Waals surface area (Å²) in [5.41, 5.74) is 0.273. The van der Waals surface area contributed by atoms with Crippen molar-refractivity contribution < 1.29 is 9.59 Å². The van der Waals surface area contributed by atoms with Crippen LogP contribution in [0.4, 0.5) is 0 Å². The maximum atomic E-state index is 12.5. The van der Waals surface area contributed by atoms with Crippen LogP contribution in [-0.2, 0) is 4.79 Å². The van der Waals surface area contributed by atoms with E-state index in [1.54, 1.807) is 19.0 Å². The standard InChI is InChI=1S/C13H15Cl2N3O2/c1-17(2)13(20)9-4-3-7-18(9)12(19)8-5-6-10(14)16-11(8)15/h5-6,9H,3-4,7H2,1-2H3. The topological polar surface area (TPSA) is 53.5 Å². The van der Waals surface area contributed by atoms with Gasteiger partial charge in [0.15, 0.2) is 0 Å². The van der Waals surface area contributed by atoms with E-state index in [0.29, 0.717) is 13.0 Å². The number of likely N-dealkylation sites (N-methyl/N-ethyl adjacent to an activating group) is 1. The van der Waals surface area contributed by atoms with Crippen LogP contribution in [0.25, 0.3) is 0 Å². The number of carbonyl (C=O) groups is 2. The second-order valence-electron chi connectivity index (χ2n) is 4.86. The van der Waals surface area contributed by atoms with Crippen molar-refractivity contribution >= 4 is 35.0 Å². The Morgan fingerprint density at radius 3 is 2.65 bits per heavy atom. The molecule has 1 unspecified atom stereocenters. The molecule has 7 heteroatoms. The van der Waals surface area contributed by atoms with Crippen LogP contribution in [0.2, 0.25) is 10.3 Å². The van der Waals surface area contributed by atoms with E-state index in [2.05, 4.69) is 4.98 Å². The number of likely N-dealkylation sites (tertiary alicyclic amines) is 1. The van der Waals surface area contributed by atoms with Crippen molar-refractivity contribution in [1.29, 1.82) is 0 Å². The smallest absolute Gasteiger partial charge is 0.257 e. The molecule has 2 amide bonds. The number of hydrogen-bond acceptors (Lipinski definition) is 3. The molecule has 0 N–H and O–H groups in total. The van der Waals surface area contributed by atoms with Gasteiger partial charge in [-0.15, -0.1) is 0 Å². The van der Waals surface area contributed by atoms with Gasteiger partial charge in [-0.05, 0) is 25.0 Å². The molecule has 2 heterocycles. The lowest BCUT2D eigenvalue weighted by molar-refractivity contribution is -0.132. The summed E-state index contributed by atoms with van der Waals surface area (Å²) >= 11 is 11.7. The van der Waals surface area contributed by atoms with E-state index in [4.69, 9.17) is 23.2 Å². The van der Waals surface area contributed by atoms with Gasteiger partial charge in [-0.3, -0.25) is 9.59 Å². The van der Waals surface area contributed by atoms with Gasteiger partial charge in [0.05, 0.1) is 5.56 Å². The predicted octanol–water partition coefficient (Wildman–Crippen LogP) is 2.08. The van der Waals surface area contributed by atoms with E-state index < -0.39 is 6.04 Å². The zero-order valence-corrected chi connectivity index (χ0v) is 12.8. The quantitative estimate of drug-likeness (QED) is 0.785. The maximum Gasteiger partial charge on any atom is 0.257 e. The van der Waals surface area contributed by atoms with Crippen molar-refractivity contribution in [2.75, 3.05) is 20.6 Å². The lowest BCUT2D eigenvalue weighted by Crippen LogP contribution is -2.45. The number of pyridine rings is 1. The number of nitrogens with zero attached hydrogens (tertiary/aromatic N) is 3. The first kappa shape index (κ1) is 15.1. The van der Waals surface area contributed by atoms with Gasteiger partial charge in [0, 0.05) is 20.6 Å². The van der Waals surface area contributed by atoms with Crippen molar-refractivity contribution in [2.45, 2.75) is 18.9 Å². The van der Waals surface area contributed by atoms with Gasteiger partial charge >= 0.3 is 0 Å². The molecule has 0 aliphatic carbocycles. The van der Waals surface area contributed by atoms with E-state index in [1.807, 2.05) is 0 Å². The molecule has 20 heavy (non-hydrogen) atoms. The van der Waals surface area contributed by atoms with Gasteiger partial charge in [-0.1, -0.05) is 23.2 Å². The van der Waals surface area contributed by atoms with Gasteiger partial charge in [-0.25, -0.2) is 4.98 Å². The summed E-state index contributed by atoms with van der Waals surface area (Å²) in [7, 11) is 3.36. The van der Waals surface area contributed by atoms with Crippen molar-refractivity contribution in [3.63, 3.8) is 0 Å². The van der Waals surface area contributed by atoms with Gasteiger partial charge < -0.3 is 9.80 Å². The molecule has 0 saturated carbocycles. The molecule has 0 bridgehead atoms. The third kappa shape index (κ3) is 2.88. The molecule has 1 aliphatic heterocycles. The second kappa shape index (κ2) is 5.97. The molecule has 0 spiro atoms. The molecule has 1 saturated heterocycles. The van der Waals surface area contributed by atoms with E-state index >= 15 is 0 Å². The average molecular weight is 316 g/mol. The molecule has 0 radical (unpaired) electrons. The summed E-state index contributed by atoms with van der Waals surface area (Å²) in [5.74, 6) is -0.356. The molecule has 0 aromatic carbocycles. The molecule has 108 valence electrons. The van der Waals surface area contributed by atoms with E-state index in [9.17, 15) is 9.59 Å². The van der Waals surface area contributed by atoms with Gasteiger partial charge in [0.25, 0.3) is 5.91 Å². The van der Waals surface area contributed by atoms with Crippen LogP contribution in [-0.4, -0.2) is 53.3 Å². The van der Waals surface area contributed by atoms with Gasteiger partial charge in [0.2, 0.25) is 5.91 Å². The van der Waals surface area contributed by atoms with Crippen LogP contribution in [0.15, 0.2) is 12.1 Å². The summed E-state index contributed by atoms with van der Waals surface area (Å²) in [6.07, 6.45) is 1.47. The number of halogens is 2. The van der Waals surface area contributed by atoms with Crippen molar-refractivity contribution in [3.8, 4) is 0 Å². The fourth-order valence-corrected chi connectivity index (χ4v) is 2.72. The minimum absolute atomic E-state index is 0.0606. The molecular formula is C13H15Cl2N3O2. The fourth-order valence-electron chi connectivity index (χ4n) is 2.29.